The maximum Gasteiger partial charge on any atom is 0.326 e. The molecule has 1 atom stereocenters. The molecule has 0 saturated carbocycles. The van der Waals surface area contributed by atoms with Crippen LogP contribution < -0.4 is 5.32 Å². The van der Waals surface area contributed by atoms with Crippen LogP contribution in [0.5, 0.6) is 0 Å². The van der Waals surface area contributed by atoms with Gasteiger partial charge in [0.25, 0.3) is 5.91 Å². The molecule has 1 unspecified atom stereocenters. The molecule has 0 aliphatic rings. The molecular formula is C14H13ClN2O4. The van der Waals surface area contributed by atoms with Crippen molar-refractivity contribution in [3.8, 4) is 0 Å². The number of nitrogens with zero attached hydrogens (tertiary/aromatic N) is 1. The van der Waals surface area contributed by atoms with Crippen molar-refractivity contribution in [1.82, 2.24) is 10.3 Å². The lowest BCUT2D eigenvalue weighted by atomic mass is 10.1. The fourth-order valence-electron chi connectivity index (χ4n) is 1.96. The van der Waals surface area contributed by atoms with Crippen LogP contribution in [0.4, 0.5) is 0 Å². The Labute approximate surface area is 125 Å². The van der Waals surface area contributed by atoms with Crippen molar-refractivity contribution in [3.63, 3.8) is 0 Å². The van der Waals surface area contributed by atoms with Crippen molar-refractivity contribution < 1.29 is 19.8 Å². The Morgan fingerprint density at radius 3 is 2.57 bits per heavy atom. The molecule has 110 valence electrons. The van der Waals surface area contributed by atoms with E-state index in [9.17, 15) is 9.59 Å². The first kappa shape index (κ1) is 15.2. The van der Waals surface area contributed by atoms with Gasteiger partial charge in [-0.1, -0.05) is 35.9 Å². The van der Waals surface area contributed by atoms with Gasteiger partial charge in [-0.3, -0.25) is 4.79 Å². The van der Waals surface area contributed by atoms with Crippen LogP contribution in [0.3, 0.4) is 0 Å². The molecule has 2 aromatic rings. The van der Waals surface area contributed by atoms with Crippen molar-refractivity contribution in [1.29, 1.82) is 0 Å². The molecular weight excluding hydrogens is 296 g/mol. The van der Waals surface area contributed by atoms with Crippen molar-refractivity contribution in [2.24, 2.45) is 0 Å². The molecule has 21 heavy (non-hydrogen) atoms. The summed E-state index contributed by atoms with van der Waals surface area (Å²) in [7, 11) is 0. The van der Waals surface area contributed by atoms with Gasteiger partial charge in [-0.2, -0.15) is 0 Å². The van der Waals surface area contributed by atoms with E-state index in [1.165, 1.54) is 6.20 Å². The second kappa shape index (κ2) is 6.51. The number of halogens is 1. The van der Waals surface area contributed by atoms with Crippen LogP contribution >= 0.6 is 11.6 Å². The number of hydrogen-bond acceptors (Lipinski definition) is 4. The molecule has 6 nitrogen and oxygen atoms in total. The predicted octanol–water partition coefficient (Wildman–Crippen LogP) is 1.45. The second-order valence-electron chi connectivity index (χ2n) is 4.38. The number of aromatic nitrogens is 1. The SMILES string of the molecule is O=C(NC(CCO)C(=O)O)c1cnc(Cl)c2ccccc12. The van der Waals surface area contributed by atoms with E-state index in [0.717, 1.165) is 0 Å². The van der Waals surface area contributed by atoms with E-state index in [2.05, 4.69) is 10.3 Å². The molecule has 0 fully saturated rings. The first-order valence-corrected chi connectivity index (χ1v) is 6.60. The molecule has 0 aliphatic heterocycles. The molecule has 1 heterocycles. The molecule has 1 aromatic carbocycles. The Hall–Kier alpha value is -2.18. The zero-order valence-corrected chi connectivity index (χ0v) is 11.7. The van der Waals surface area contributed by atoms with Crippen LogP contribution in [0.2, 0.25) is 5.15 Å². The maximum absolute atomic E-state index is 12.2. The second-order valence-corrected chi connectivity index (χ2v) is 4.74. The Morgan fingerprint density at radius 2 is 1.95 bits per heavy atom. The number of amides is 1. The van der Waals surface area contributed by atoms with Crippen LogP contribution in [0.15, 0.2) is 30.5 Å². The molecule has 7 heteroatoms. The minimum Gasteiger partial charge on any atom is -0.480 e. The number of aliphatic hydroxyl groups excluding tert-OH is 1. The normalized spacial score (nSPS) is 12.1. The predicted molar refractivity (Wildman–Crippen MR) is 77.3 cm³/mol. The third kappa shape index (κ3) is 3.29. The average molecular weight is 309 g/mol. The zero-order chi connectivity index (χ0) is 15.4. The van der Waals surface area contributed by atoms with Gasteiger partial charge in [0.2, 0.25) is 0 Å². The Balaban J connectivity index is 2.36. The van der Waals surface area contributed by atoms with E-state index in [-0.39, 0.29) is 23.7 Å². The molecule has 0 aliphatic carbocycles. The van der Waals surface area contributed by atoms with Crippen molar-refractivity contribution >= 4 is 34.2 Å². The lowest BCUT2D eigenvalue weighted by Crippen LogP contribution is -2.41. The number of nitrogens with one attached hydrogen (secondary N) is 1. The number of aliphatic carboxylic acids is 1. The number of aliphatic hydroxyl groups is 1. The third-order valence-corrected chi connectivity index (χ3v) is 3.31. The van der Waals surface area contributed by atoms with Gasteiger partial charge in [-0.25, -0.2) is 9.78 Å². The van der Waals surface area contributed by atoms with Gasteiger partial charge in [-0.05, 0) is 5.39 Å². The molecule has 0 bridgehead atoms. The summed E-state index contributed by atoms with van der Waals surface area (Å²) < 4.78 is 0. The smallest absolute Gasteiger partial charge is 0.326 e. The van der Waals surface area contributed by atoms with Crippen molar-refractivity contribution in [2.75, 3.05) is 6.61 Å². The maximum atomic E-state index is 12.2. The Morgan fingerprint density at radius 1 is 1.29 bits per heavy atom. The summed E-state index contributed by atoms with van der Waals surface area (Å²) in [6.07, 6.45) is 1.23. The first-order valence-electron chi connectivity index (χ1n) is 6.22. The quantitative estimate of drug-likeness (QED) is 0.726. The topological polar surface area (TPSA) is 99.5 Å². The highest BCUT2D eigenvalue weighted by Crippen LogP contribution is 2.24. The van der Waals surface area contributed by atoms with Gasteiger partial charge in [-0.15, -0.1) is 0 Å². The first-order chi connectivity index (χ1) is 10.0. The van der Waals surface area contributed by atoms with E-state index in [1.54, 1.807) is 24.3 Å². The largest absolute Gasteiger partial charge is 0.480 e. The van der Waals surface area contributed by atoms with E-state index >= 15 is 0 Å². The molecule has 0 spiro atoms. The summed E-state index contributed by atoms with van der Waals surface area (Å²) in [5, 5.41) is 21.7. The summed E-state index contributed by atoms with van der Waals surface area (Å²) in [6, 6.07) is 5.79. The summed E-state index contributed by atoms with van der Waals surface area (Å²) in [5.74, 6) is -1.78. The van der Waals surface area contributed by atoms with Crippen LogP contribution in [0, 0.1) is 0 Å². The molecule has 0 radical (unpaired) electrons. The van der Waals surface area contributed by atoms with E-state index < -0.39 is 17.9 Å². The minimum absolute atomic E-state index is 0.0694. The number of rotatable bonds is 5. The molecule has 3 N–H and O–H groups in total. The summed E-state index contributed by atoms with van der Waals surface area (Å²) in [4.78, 5) is 27.2. The van der Waals surface area contributed by atoms with Gasteiger partial charge in [0.1, 0.15) is 11.2 Å². The Bertz CT molecular complexity index is 690. The standard InChI is InChI=1S/C14H13ClN2O4/c15-12-9-4-2-1-3-8(9)10(7-16-12)13(19)17-11(5-6-18)14(20)21/h1-4,7,11,18H,5-6H2,(H,17,19)(H,20,21). The number of benzene rings is 1. The molecule has 0 saturated heterocycles. The number of hydrogen-bond donors (Lipinski definition) is 3. The number of carbonyl (C=O) groups excluding carboxylic acids is 1. The van der Waals surface area contributed by atoms with Gasteiger partial charge in [0.05, 0.1) is 5.56 Å². The fraction of sp³-hybridized carbons (Fsp3) is 0.214. The van der Waals surface area contributed by atoms with E-state index in [0.29, 0.717) is 10.8 Å². The van der Waals surface area contributed by atoms with Crippen molar-refractivity contribution in [3.05, 3.63) is 41.2 Å². The fourth-order valence-corrected chi connectivity index (χ4v) is 2.18. The summed E-state index contributed by atoms with van der Waals surface area (Å²) in [5.41, 5.74) is 0.235. The number of fused-ring (bicyclic) bond motifs is 1. The molecule has 2 rings (SSSR count). The lowest BCUT2D eigenvalue weighted by Gasteiger charge is -2.14. The number of carboxylic acids is 1. The van der Waals surface area contributed by atoms with E-state index in [1.807, 2.05) is 0 Å². The van der Waals surface area contributed by atoms with Crippen molar-refractivity contribution in [2.45, 2.75) is 12.5 Å². The van der Waals surface area contributed by atoms with Crippen LogP contribution in [0.25, 0.3) is 10.8 Å². The minimum atomic E-state index is -1.20. The zero-order valence-electron chi connectivity index (χ0n) is 10.9. The molecule has 1 aromatic heterocycles. The van der Waals surface area contributed by atoms with Crippen LogP contribution in [-0.4, -0.2) is 39.7 Å². The van der Waals surface area contributed by atoms with E-state index in [4.69, 9.17) is 21.8 Å². The van der Waals surface area contributed by atoms with Gasteiger partial charge in [0, 0.05) is 24.6 Å². The lowest BCUT2D eigenvalue weighted by molar-refractivity contribution is -0.139. The third-order valence-electron chi connectivity index (χ3n) is 3.01. The summed E-state index contributed by atoms with van der Waals surface area (Å²) >= 11 is 5.97. The van der Waals surface area contributed by atoms with Gasteiger partial charge >= 0.3 is 5.97 Å². The highest BCUT2D eigenvalue weighted by Gasteiger charge is 2.21. The average Bonchev–Trinajstić information content (AvgIpc) is 2.47. The summed E-state index contributed by atoms with van der Waals surface area (Å²) in [6.45, 7) is -0.336. The number of carbonyl (C=O) groups is 2. The van der Waals surface area contributed by atoms with Gasteiger partial charge in [0.15, 0.2) is 0 Å². The number of pyridine rings is 1. The van der Waals surface area contributed by atoms with Crippen LogP contribution in [0.1, 0.15) is 16.8 Å². The monoisotopic (exact) mass is 308 g/mol. The molecule has 1 amide bonds. The Kier molecular flexibility index (Phi) is 4.72. The highest BCUT2D eigenvalue weighted by atomic mass is 35.5. The number of carboxylic acid groups (broad SMARTS) is 1. The van der Waals surface area contributed by atoms with Crippen LogP contribution in [-0.2, 0) is 4.79 Å². The van der Waals surface area contributed by atoms with Gasteiger partial charge < -0.3 is 15.5 Å². The highest BCUT2D eigenvalue weighted by molar-refractivity contribution is 6.34.